The van der Waals surface area contributed by atoms with Crippen molar-refractivity contribution in [3.8, 4) is 17.2 Å². The lowest BCUT2D eigenvalue weighted by Crippen LogP contribution is -2.45. The molecule has 8 nitrogen and oxygen atoms in total. The Kier molecular flexibility index (Phi) is 8.45. The van der Waals surface area contributed by atoms with Crippen molar-refractivity contribution < 1.29 is 27.4 Å². The molecule has 1 N–H and O–H groups in total. The van der Waals surface area contributed by atoms with E-state index in [1.54, 1.807) is 38.5 Å². The zero-order chi connectivity index (χ0) is 24.0. The Bertz CT molecular complexity index is 1070. The summed E-state index contributed by atoms with van der Waals surface area (Å²) in [6.07, 6.45) is 1.19. The van der Waals surface area contributed by atoms with E-state index < -0.39 is 15.9 Å². The van der Waals surface area contributed by atoms with Crippen LogP contribution in [-0.2, 0) is 21.4 Å². The third kappa shape index (κ3) is 5.72. The van der Waals surface area contributed by atoms with E-state index in [0.29, 0.717) is 43.2 Å². The van der Waals surface area contributed by atoms with Gasteiger partial charge in [-0.3, -0.25) is 4.79 Å². The minimum atomic E-state index is -3.80. The van der Waals surface area contributed by atoms with Gasteiger partial charge in [-0.15, -0.1) is 0 Å². The van der Waals surface area contributed by atoms with Crippen LogP contribution < -0.4 is 19.5 Å². The molecule has 3 rings (SSSR count). The van der Waals surface area contributed by atoms with Gasteiger partial charge in [-0.2, -0.15) is 4.31 Å². The molecule has 1 saturated heterocycles. The van der Waals surface area contributed by atoms with Crippen molar-refractivity contribution in [3.63, 3.8) is 0 Å². The molecule has 1 atom stereocenters. The van der Waals surface area contributed by atoms with Crippen molar-refractivity contribution in [1.82, 2.24) is 9.62 Å². The zero-order valence-corrected chi connectivity index (χ0v) is 20.5. The number of hydrogen-bond donors (Lipinski definition) is 1. The lowest BCUT2D eigenvalue weighted by atomic mass is 9.98. The van der Waals surface area contributed by atoms with Gasteiger partial charge in [0.05, 0.1) is 48.8 Å². The SMILES string of the molecule is CCOc1ccc(S(=O)(=O)N2CCCC(C(=O)NCc3c(OC)cccc3OC)C2)cc1Cl. The third-order valence-electron chi connectivity index (χ3n) is 5.57. The highest BCUT2D eigenvalue weighted by Gasteiger charge is 2.33. The summed E-state index contributed by atoms with van der Waals surface area (Å²) in [7, 11) is -0.692. The molecule has 0 aromatic heterocycles. The summed E-state index contributed by atoms with van der Waals surface area (Å²) in [6.45, 7) is 2.91. The minimum Gasteiger partial charge on any atom is -0.496 e. The summed E-state index contributed by atoms with van der Waals surface area (Å²) in [4.78, 5) is 13.0. The maximum atomic E-state index is 13.2. The van der Waals surface area contributed by atoms with E-state index in [1.807, 2.05) is 6.92 Å². The van der Waals surface area contributed by atoms with Crippen LogP contribution in [0.2, 0.25) is 5.02 Å². The molecule has 2 aromatic carbocycles. The van der Waals surface area contributed by atoms with Gasteiger partial charge in [0.25, 0.3) is 0 Å². The van der Waals surface area contributed by atoms with E-state index in [1.165, 1.54) is 16.4 Å². The molecule has 0 spiro atoms. The predicted molar refractivity (Wildman–Crippen MR) is 125 cm³/mol. The highest BCUT2D eigenvalue weighted by molar-refractivity contribution is 7.89. The van der Waals surface area contributed by atoms with Crippen LogP contribution in [0.15, 0.2) is 41.3 Å². The number of sulfonamides is 1. The van der Waals surface area contributed by atoms with Gasteiger partial charge < -0.3 is 19.5 Å². The van der Waals surface area contributed by atoms with E-state index in [-0.39, 0.29) is 28.9 Å². The first-order valence-electron chi connectivity index (χ1n) is 10.7. The largest absolute Gasteiger partial charge is 0.496 e. The molecule has 0 saturated carbocycles. The van der Waals surface area contributed by atoms with E-state index in [0.717, 1.165) is 5.56 Å². The number of methoxy groups -OCH3 is 2. The van der Waals surface area contributed by atoms with Crippen LogP contribution in [0.3, 0.4) is 0 Å². The number of rotatable bonds is 9. The quantitative estimate of drug-likeness (QED) is 0.571. The molecule has 1 unspecified atom stereocenters. The Labute approximate surface area is 199 Å². The molecule has 1 aliphatic heterocycles. The molecular weight excluding hydrogens is 468 g/mol. The lowest BCUT2D eigenvalue weighted by molar-refractivity contribution is -0.126. The summed E-state index contributed by atoms with van der Waals surface area (Å²) in [5.74, 6) is 0.963. The van der Waals surface area contributed by atoms with Crippen molar-refractivity contribution in [1.29, 1.82) is 0 Å². The van der Waals surface area contributed by atoms with Gasteiger partial charge >= 0.3 is 0 Å². The molecule has 0 radical (unpaired) electrons. The number of ether oxygens (including phenoxy) is 3. The van der Waals surface area contributed by atoms with Crippen molar-refractivity contribution in [2.24, 2.45) is 5.92 Å². The van der Waals surface area contributed by atoms with Gasteiger partial charge in [0, 0.05) is 13.1 Å². The average Bonchev–Trinajstić information content (AvgIpc) is 2.83. The number of hydrogen-bond acceptors (Lipinski definition) is 6. The topological polar surface area (TPSA) is 94.2 Å². The van der Waals surface area contributed by atoms with Crippen LogP contribution in [0.5, 0.6) is 17.2 Å². The Balaban J connectivity index is 1.70. The van der Waals surface area contributed by atoms with E-state index in [9.17, 15) is 13.2 Å². The number of nitrogens with one attached hydrogen (secondary N) is 1. The standard InChI is InChI=1S/C23H29ClN2O6S/c1-4-32-22-11-10-17(13-19(22)24)33(28,29)26-12-6-7-16(15-26)23(27)25-14-18-20(30-2)8-5-9-21(18)31-3/h5,8-11,13,16H,4,6-7,12,14-15H2,1-3H3,(H,25,27). The first kappa shape index (κ1) is 25.1. The van der Waals surface area contributed by atoms with Crippen molar-refractivity contribution in [2.75, 3.05) is 33.9 Å². The molecule has 0 aliphatic carbocycles. The van der Waals surface area contributed by atoms with Gasteiger partial charge in [-0.05, 0) is 50.1 Å². The van der Waals surface area contributed by atoms with E-state index >= 15 is 0 Å². The molecule has 1 aliphatic rings. The number of amides is 1. The smallest absolute Gasteiger partial charge is 0.243 e. The maximum Gasteiger partial charge on any atom is 0.243 e. The number of halogens is 1. The Hall–Kier alpha value is -2.49. The first-order valence-corrected chi connectivity index (χ1v) is 12.5. The molecule has 1 amide bonds. The Morgan fingerprint density at radius 2 is 1.85 bits per heavy atom. The number of piperidine rings is 1. The number of carbonyl (C=O) groups is 1. The summed E-state index contributed by atoms with van der Waals surface area (Å²) >= 11 is 6.19. The fourth-order valence-corrected chi connectivity index (χ4v) is 5.71. The molecule has 0 bridgehead atoms. The summed E-state index contributed by atoms with van der Waals surface area (Å²) in [5, 5.41) is 3.13. The van der Waals surface area contributed by atoms with Crippen LogP contribution in [0.4, 0.5) is 0 Å². The average molecular weight is 497 g/mol. The number of benzene rings is 2. The van der Waals surface area contributed by atoms with Gasteiger partial charge in [-0.25, -0.2) is 8.42 Å². The first-order chi connectivity index (χ1) is 15.8. The highest BCUT2D eigenvalue weighted by Crippen LogP contribution is 2.31. The molecule has 1 heterocycles. The third-order valence-corrected chi connectivity index (χ3v) is 7.72. The van der Waals surface area contributed by atoms with E-state index in [4.69, 9.17) is 25.8 Å². The maximum absolute atomic E-state index is 13.2. The number of carbonyl (C=O) groups excluding carboxylic acids is 1. The van der Waals surface area contributed by atoms with Crippen molar-refractivity contribution >= 4 is 27.5 Å². The summed E-state index contributed by atoms with van der Waals surface area (Å²) in [5.41, 5.74) is 0.722. The molecule has 1 fully saturated rings. The fraction of sp³-hybridized carbons (Fsp3) is 0.435. The normalized spacial score (nSPS) is 16.8. The number of nitrogens with zero attached hydrogens (tertiary/aromatic N) is 1. The van der Waals surface area contributed by atoms with Crippen LogP contribution in [0.1, 0.15) is 25.3 Å². The van der Waals surface area contributed by atoms with Gasteiger partial charge in [0.1, 0.15) is 17.2 Å². The highest BCUT2D eigenvalue weighted by atomic mass is 35.5. The van der Waals surface area contributed by atoms with Crippen LogP contribution in [0, 0.1) is 5.92 Å². The molecular formula is C23H29ClN2O6S. The Morgan fingerprint density at radius 1 is 1.15 bits per heavy atom. The molecule has 180 valence electrons. The van der Waals surface area contributed by atoms with Crippen LogP contribution >= 0.6 is 11.6 Å². The van der Waals surface area contributed by atoms with Gasteiger partial charge in [0.15, 0.2) is 0 Å². The van der Waals surface area contributed by atoms with Gasteiger partial charge in [0.2, 0.25) is 15.9 Å². The summed E-state index contributed by atoms with van der Waals surface area (Å²) in [6, 6.07) is 9.80. The van der Waals surface area contributed by atoms with Crippen LogP contribution in [0.25, 0.3) is 0 Å². The zero-order valence-electron chi connectivity index (χ0n) is 19.0. The molecule has 33 heavy (non-hydrogen) atoms. The predicted octanol–water partition coefficient (Wildman–Crippen LogP) is 3.47. The molecule has 2 aromatic rings. The monoisotopic (exact) mass is 496 g/mol. The molecule has 10 heteroatoms. The van der Waals surface area contributed by atoms with Gasteiger partial charge in [-0.1, -0.05) is 17.7 Å². The minimum absolute atomic E-state index is 0.0794. The Morgan fingerprint density at radius 3 is 2.45 bits per heavy atom. The second-order valence-corrected chi connectivity index (χ2v) is 9.93. The van der Waals surface area contributed by atoms with Crippen LogP contribution in [-0.4, -0.2) is 52.5 Å². The lowest BCUT2D eigenvalue weighted by Gasteiger charge is -2.31. The second-order valence-electron chi connectivity index (χ2n) is 7.59. The van der Waals surface area contributed by atoms with E-state index in [2.05, 4.69) is 5.32 Å². The fourth-order valence-electron chi connectivity index (χ4n) is 3.86. The van der Waals surface area contributed by atoms with Crippen molar-refractivity contribution in [3.05, 3.63) is 47.0 Å². The summed E-state index contributed by atoms with van der Waals surface area (Å²) < 4.78 is 43.8. The van der Waals surface area contributed by atoms with Crippen molar-refractivity contribution in [2.45, 2.75) is 31.2 Å². The second kappa shape index (κ2) is 11.1.